The van der Waals surface area contributed by atoms with E-state index in [0.717, 1.165) is 25.7 Å². The molecule has 0 unspecified atom stereocenters. The Morgan fingerprint density at radius 1 is 1.24 bits per heavy atom. The third kappa shape index (κ3) is 8.63. The molecule has 1 saturated carbocycles. The van der Waals surface area contributed by atoms with Crippen molar-refractivity contribution in [2.45, 2.75) is 89.8 Å². The molecule has 0 radical (unpaired) electrons. The Labute approximate surface area is 151 Å². The normalized spacial score (nSPS) is 24.9. The van der Waals surface area contributed by atoms with Crippen LogP contribution in [-0.2, 0) is 9.59 Å². The van der Waals surface area contributed by atoms with Crippen molar-refractivity contribution in [3.8, 4) is 0 Å². The highest BCUT2D eigenvalue weighted by atomic mass is 16.4. The van der Waals surface area contributed by atoms with Crippen LogP contribution in [0, 0.1) is 11.8 Å². The summed E-state index contributed by atoms with van der Waals surface area (Å²) in [5.41, 5.74) is 0. The van der Waals surface area contributed by atoms with Crippen LogP contribution in [-0.4, -0.2) is 39.3 Å². The lowest BCUT2D eigenvalue weighted by Crippen LogP contribution is -2.22. The standard InChI is InChI=1S/C20H34O5/c1-2-3-6-9-15(21)12-13-17-16(18(22)14-19(17)23)10-7-4-5-8-11-20(24)25/h4,7,15-17,19,21,23H,2-3,5-6,8-14H2,1H3,(H,24,25)/b7-4-/t15-,16+,17+,19-/m0/s1. The minimum Gasteiger partial charge on any atom is -0.481 e. The van der Waals surface area contributed by atoms with Gasteiger partial charge in [0.25, 0.3) is 0 Å². The summed E-state index contributed by atoms with van der Waals surface area (Å²) in [6, 6.07) is 0. The zero-order valence-electron chi connectivity index (χ0n) is 15.4. The predicted octanol–water partition coefficient (Wildman–Crippen LogP) is 3.48. The number of aliphatic hydroxyl groups excluding tert-OH is 2. The van der Waals surface area contributed by atoms with Gasteiger partial charge in [-0.05, 0) is 44.4 Å². The van der Waals surface area contributed by atoms with Crippen molar-refractivity contribution < 1.29 is 24.9 Å². The van der Waals surface area contributed by atoms with Crippen LogP contribution in [0.25, 0.3) is 0 Å². The molecular formula is C20H34O5. The Bertz CT molecular complexity index is 432. The maximum atomic E-state index is 12.1. The van der Waals surface area contributed by atoms with Gasteiger partial charge in [-0.2, -0.15) is 0 Å². The third-order valence-corrected chi connectivity index (χ3v) is 5.13. The molecule has 3 N–H and O–H groups in total. The van der Waals surface area contributed by atoms with Crippen LogP contribution in [0.15, 0.2) is 12.2 Å². The maximum Gasteiger partial charge on any atom is 0.303 e. The van der Waals surface area contributed by atoms with Crippen LogP contribution >= 0.6 is 0 Å². The van der Waals surface area contributed by atoms with Gasteiger partial charge in [-0.15, -0.1) is 0 Å². The zero-order valence-corrected chi connectivity index (χ0v) is 15.4. The molecule has 5 heteroatoms. The molecule has 1 rings (SSSR count). The van der Waals surface area contributed by atoms with E-state index in [2.05, 4.69) is 6.92 Å². The second-order valence-electron chi connectivity index (χ2n) is 7.23. The number of hydrogen-bond donors (Lipinski definition) is 3. The van der Waals surface area contributed by atoms with E-state index >= 15 is 0 Å². The minimum atomic E-state index is -0.792. The molecule has 0 bridgehead atoms. The van der Waals surface area contributed by atoms with Crippen molar-refractivity contribution in [2.24, 2.45) is 11.8 Å². The SMILES string of the molecule is CCCCC[C@H](O)CC[C@H]1[C@@H](O)CC(=O)[C@@H]1C/C=C\CCCC(=O)O. The van der Waals surface area contributed by atoms with Crippen molar-refractivity contribution in [3.63, 3.8) is 0 Å². The van der Waals surface area contributed by atoms with E-state index in [9.17, 15) is 19.8 Å². The van der Waals surface area contributed by atoms with E-state index in [1.165, 1.54) is 0 Å². The fourth-order valence-corrected chi connectivity index (χ4v) is 3.61. The summed E-state index contributed by atoms with van der Waals surface area (Å²) in [6.07, 6.45) is 10.6. The number of ketones is 1. The number of carboxylic acids is 1. The van der Waals surface area contributed by atoms with E-state index in [0.29, 0.717) is 32.1 Å². The molecule has 5 nitrogen and oxygen atoms in total. The monoisotopic (exact) mass is 354 g/mol. The minimum absolute atomic E-state index is 0.0722. The molecule has 4 atom stereocenters. The summed E-state index contributed by atoms with van der Waals surface area (Å²) in [5, 5.41) is 28.8. The van der Waals surface area contributed by atoms with Crippen molar-refractivity contribution in [1.29, 1.82) is 0 Å². The van der Waals surface area contributed by atoms with E-state index in [-0.39, 0.29) is 36.6 Å². The van der Waals surface area contributed by atoms with Gasteiger partial charge < -0.3 is 15.3 Å². The van der Waals surface area contributed by atoms with Crippen LogP contribution < -0.4 is 0 Å². The first-order valence-corrected chi connectivity index (χ1v) is 9.71. The molecule has 144 valence electrons. The van der Waals surface area contributed by atoms with Gasteiger partial charge in [-0.3, -0.25) is 9.59 Å². The highest BCUT2D eigenvalue weighted by Gasteiger charge is 2.40. The number of aliphatic carboxylic acids is 1. The molecule has 1 fully saturated rings. The molecule has 25 heavy (non-hydrogen) atoms. The number of carbonyl (C=O) groups is 2. The fraction of sp³-hybridized carbons (Fsp3) is 0.800. The average Bonchev–Trinajstić information content (AvgIpc) is 2.82. The van der Waals surface area contributed by atoms with Crippen molar-refractivity contribution in [1.82, 2.24) is 0 Å². The van der Waals surface area contributed by atoms with E-state index in [1.807, 2.05) is 12.2 Å². The number of aliphatic hydroxyl groups is 2. The summed E-state index contributed by atoms with van der Waals surface area (Å²) >= 11 is 0. The van der Waals surface area contributed by atoms with E-state index in [1.54, 1.807) is 0 Å². The molecule has 0 spiro atoms. The second-order valence-corrected chi connectivity index (χ2v) is 7.23. The maximum absolute atomic E-state index is 12.1. The first-order valence-electron chi connectivity index (χ1n) is 9.71. The highest BCUT2D eigenvalue weighted by molar-refractivity contribution is 5.84. The zero-order chi connectivity index (χ0) is 18.7. The summed E-state index contributed by atoms with van der Waals surface area (Å²) in [5.74, 6) is -0.932. The number of carboxylic acid groups (broad SMARTS) is 1. The van der Waals surface area contributed by atoms with Gasteiger partial charge in [-0.25, -0.2) is 0 Å². The van der Waals surface area contributed by atoms with Gasteiger partial charge in [0.05, 0.1) is 12.2 Å². The number of hydrogen-bond acceptors (Lipinski definition) is 4. The van der Waals surface area contributed by atoms with Gasteiger partial charge in [0.1, 0.15) is 5.78 Å². The molecule has 0 aromatic rings. The molecule has 0 aromatic carbocycles. The molecule has 0 amide bonds. The van der Waals surface area contributed by atoms with Crippen LogP contribution in [0.1, 0.15) is 77.6 Å². The first-order chi connectivity index (χ1) is 12.0. The Hall–Kier alpha value is -1.20. The molecule has 1 aliphatic rings. The van der Waals surface area contributed by atoms with Gasteiger partial charge in [0.2, 0.25) is 0 Å². The third-order valence-electron chi connectivity index (χ3n) is 5.13. The Kier molecular flexibility index (Phi) is 10.7. The molecule has 1 aliphatic carbocycles. The quantitative estimate of drug-likeness (QED) is 0.348. The summed E-state index contributed by atoms with van der Waals surface area (Å²) in [7, 11) is 0. The number of rotatable bonds is 13. The van der Waals surface area contributed by atoms with E-state index < -0.39 is 12.1 Å². The lowest BCUT2D eigenvalue weighted by molar-refractivity contribution is -0.137. The van der Waals surface area contributed by atoms with E-state index in [4.69, 9.17) is 5.11 Å². The van der Waals surface area contributed by atoms with Gasteiger partial charge >= 0.3 is 5.97 Å². The highest BCUT2D eigenvalue weighted by Crippen LogP contribution is 2.36. The summed E-state index contributed by atoms with van der Waals surface area (Å²) in [6.45, 7) is 2.13. The van der Waals surface area contributed by atoms with Gasteiger partial charge in [0, 0.05) is 18.8 Å². The van der Waals surface area contributed by atoms with Crippen LogP contribution in [0.3, 0.4) is 0 Å². The van der Waals surface area contributed by atoms with Crippen molar-refractivity contribution in [2.75, 3.05) is 0 Å². The summed E-state index contributed by atoms with van der Waals surface area (Å²) in [4.78, 5) is 22.6. The Morgan fingerprint density at radius 2 is 2.00 bits per heavy atom. The van der Waals surface area contributed by atoms with Crippen molar-refractivity contribution >= 4 is 11.8 Å². The molecular weight excluding hydrogens is 320 g/mol. The number of Topliss-reactive ketones (excluding diaryl/α,β-unsaturated/α-hetero) is 1. The lowest BCUT2D eigenvalue weighted by atomic mass is 9.86. The number of unbranched alkanes of at least 4 members (excludes halogenated alkanes) is 3. The smallest absolute Gasteiger partial charge is 0.303 e. The van der Waals surface area contributed by atoms with Crippen LogP contribution in [0.5, 0.6) is 0 Å². The topological polar surface area (TPSA) is 94.8 Å². The fourth-order valence-electron chi connectivity index (χ4n) is 3.61. The lowest BCUT2D eigenvalue weighted by Gasteiger charge is -2.21. The van der Waals surface area contributed by atoms with Crippen LogP contribution in [0.2, 0.25) is 0 Å². The largest absolute Gasteiger partial charge is 0.481 e. The number of carbonyl (C=O) groups excluding carboxylic acids is 1. The molecule has 0 aliphatic heterocycles. The Balaban J connectivity index is 2.38. The van der Waals surface area contributed by atoms with Crippen LogP contribution in [0.4, 0.5) is 0 Å². The Morgan fingerprint density at radius 3 is 2.68 bits per heavy atom. The first kappa shape index (κ1) is 21.8. The predicted molar refractivity (Wildman–Crippen MR) is 97.2 cm³/mol. The van der Waals surface area contributed by atoms with Gasteiger partial charge in [-0.1, -0.05) is 38.3 Å². The van der Waals surface area contributed by atoms with Crippen molar-refractivity contribution in [3.05, 3.63) is 12.2 Å². The summed E-state index contributed by atoms with van der Waals surface area (Å²) < 4.78 is 0. The second kappa shape index (κ2) is 12.2. The molecule has 0 aromatic heterocycles. The molecule has 0 saturated heterocycles. The average molecular weight is 354 g/mol. The molecule has 0 heterocycles. The van der Waals surface area contributed by atoms with Gasteiger partial charge in [0.15, 0.2) is 0 Å². The number of allylic oxidation sites excluding steroid dienone is 2.